The third-order valence-electron chi connectivity index (χ3n) is 5.42. The molecule has 3 aromatic rings. The first kappa shape index (κ1) is 26.6. The lowest BCUT2D eigenvalue weighted by Gasteiger charge is -2.28. The topological polar surface area (TPSA) is 134 Å². The number of ether oxygens (including phenoxy) is 1. The Morgan fingerprint density at radius 2 is 2.03 bits per heavy atom. The van der Waals surface area contributed by atoms with Crippen LogP contribution in [-0.4, -0.2) is 57.8 Å². The van der Waals surface area contributed by atoms with Crippen LogP contribution < -0.4 is 10.6 Å². The van der Waals surface area contributed by atoms with Crippen molar-refractivity contribution in [2.75, 3.05) is 19.0 Å². The molecule has 3 amide bonds. The molecule has 1 atom stereocenters. The summed E-state index contributed by atoms with van der Waals surface area (Å²) in [6.07, 6.45) is 4.50. The van der Waals surface area contributed by atoms with Gasteiger partial charge >= 0.3 is 18.1 Å². The Kier molecular flexibility index (Phi) is 9.34. The second-order valence-corrected chi connectivity index (χ2v) is 8.32. The van der Waals surface area contributed by atoms with E-state index in [1.165, 1.54) is 24.1 Å². The molecule has 0 aliphatic rings. The van der Waals surface area contributed by atoms with Gasteiger partial charge in [0.2, 0.25) is 0 Å². The number of nitrogens with one attached hydrogen (secondary N) is 2. The first-order valence-corrected chi connectivity index (χ1v) is 11.4. The van der Waals surface area contributed by atoms with E-state index in [9.17, 15) is 18.8 Å². The number of aromatic nitrogens is 2. The van der Waals surface area contributed by atoms with Gasteiger partial charge in [0.15, 0.2) is 0 Å². The van der Waals surface area contributed by atoms with Crippen LogP contribution in [0.1, 0.15) is 24.8 Å². The zero-order valence-electron chi connectivity index (χ0n) is 19.4. The molecule has 190 valence electrons. The highest BCUT2D eigenvalue weighted by molar-refractivity contribution is 6.31. The maximum absolute atomic E-state index is 13.6. The lowest BCUT2D eigenvalue weighted by molar-refractivity contribution is -0.137. The van der Waals surface area contributed by atoms with Crippen LogP contribution in [0.15, 0.2) is 48.9 Å². The lowest BCUT2D eigenvalue weighted by atomic mass is 10.1. The Balaban J connectivity index is 1.59. The number of halogens is 2. The Labute approximate surface area is 211 Å². The first-order chi connectivity index (χ1) is 17.2. The van der Waals surface area contributed by atoms with Crippen LogP contribution >= 0.6 is 11.6 Å². The van der Waals surface area contributed by atoms with E-state index in [4.69, 9.17) is 21.4 Å². The highest BCUT2D eigenvalue weighted by atomic mass is 35.5. The van der Waals surface area contributed by atoms with Gasteiger partial charge in [0.25, 0.3) is 0 Å². The summed E-state index contributed by atoms with van der Waals surface area (Å²) in [5.41, 5.74) is 0.398. The van der Waals surface area contributed by atoms with Gasteiger partial charge in [-0.05, 0) is 36.6 Å². The minimum atomic E-state index is -0.975. The fourth-order valence-corrected chi connectivity index (χ4v) is 3.58. The number of nitrogens with zero attached hydrogens (tertiary/aromatic N) is 3. The third-order valence-corrected chi connectivity index (χ3v) is 5.84. The molecule has 0 saturated heterocycles. The number of urea groups is 1. The molecule has 2 heterocycles. The average Bonchev–Trinajstić information content (AvgIpc) is 2.86. The highest BCUT2D eigenvalue weighted by Gasteiger charge is 2.22. The molecule has 3 N–H and O–H groups in total. The monoisotopic (exact) mass is 517 g/mol. The van der Waals surface area contributed by atoms with Gasteiger partial charge in [-0.3, -0.25) is 15.1 Å². The van der Waals surface area contributed by atoms with E-state index < -0.39 is 30.0 Å². The molecule has 0 saturated carbocycles. The molecule has 0 spiro atoms. The number of carboxylic acid groups (broad SMARTS) is 1. The number of pyridine rings is 2. The van der Waals surface area contributed by atoms with Gasteiger partial charge < -0.3 is 20.1 Å². The summed E-state index contributed by atoms with van der Waals surface area (Å²) in [5, 5.41) is 15.7. The normalized spacial score (nSPS) is 11.5. The van der Waals surface area contributed by atoms with Crippen LogP contribution in [0.5, 0.6) is 0 Å². The predicted octanol–water partition coefficient (Wildman–Crippen LogP) is 4.44. The van der Waals surface area contributed by atoms with E-state index in [1.807, 2.05) is 0 Å². The molecule has 3 rings (SSSR count). The molecule has 0 bridgehead atoms. The number of fused-ring (bicyclic) bond motifs is 1. The number of hydrogen-bond acceptors (Lipinski definition) is 6. The second kappa shape index (κ2) is 12.6. The van der Waals surface area contributed by atoms with Gasteiger partial charge in [0, 0.05) is 49.4 Å². The Bertz CT molecular complexity index is 1240. The summed E-state index contributed by atoms with van der Waals surface area (Å²) >= 11 is 5.93. The van der Waals surface area contributed by atoms with Crippen LogP contribution in [-0.2, 0) is 16.1 Å². The molecule has 12 heteroatoms. The summed E-state index contributed by atoms with van der Waals surface area (Å²) in [6, 6.07) is 6.57. The number of carboxylic acids is 1. The van der Waals surface area contributed by atoms with Gasteiger partial charge in [-0.2, -0.15) is 0 Å². The smallest absolute Gasteiger partial charge is 0.412 e. The van der Waals surface area contributed by atoms with Crippen molar-refractivity contribution < 1.29 is 28.6 Å². The predicted molar refractivity (Wildman–Crippen MR) is 131 cm³/mol. The third kappa shape index (κ3) is 7.51. The van der Waals surface area contributed by atoms with Crippen molar-refractivity contribution in [3.63, 3.8) is 0 Å². The van der Waals surface area contributed by atoms with Crippen molar-refractivity contribution in [3.05, 3.63) is 65.3 Å². The standard InChI is InChI=1S/C24H25ClFN5O5/c1-31(23(34)29-13-16-4-2-6-19(26)22(16)25)18(5-3-7-21(32)33)14-36-24(35)30-20-10-17-11-27-9-8-15(17)12-28-20/h2,4,6,8-12,18H,3,5,7,13-14H2,1H3,(H,29,34)(H,32,33)(H,28,30,35)/t18-/m0/s1. The highest BCUT2D eigenvalue weighted by Crippen LogP contribution is 2.20. The maximum atomic E-state index is 13.6. The summed E-state index contributed by atoms with van der Waals surface area (Å²) in [5.74, 6) is -1.31. The fraction of sp³-hybridized carbons (Fsp3) is 0.292. The number of likely N-dealkylation sites (N-methyl/N-ethyl adjacent to an activating group) is 1. The van der Waals surface area contributed by atoms with E-state index in [0.29, 0.717) is 5.56 Å². The Morgan fingerprint density at radius 1 is 1.22 bits per heavy atom. The van der Waals surface area contributed by atoms with Crippen LogP contribution in [0, 0.1) is 5.82 Å². The van der Waals surface area contributed by atoms with Crippen molar-refractivity contribution in [1.29, 1.82) is 0 Å². The molecule has 10 nitrogen and oxygen atoms in total. The summed E-state index contributed by atoms with van der Waals surface area (Å²) < 4.78 is 18.9. The quantitative estimate of drug-likeness (QED) is 0.362. The van der Waals surface area contributed by atoms with E-state index >= 15 is 0 Å². The Morgan fingerprint density at radius 3 is 2.81 bits per heavy atom. The zero-order valence-corrected chi connectivity index (χ0v) is 20.2. The van der Waals surface area contributed by atoms with Gasteiger partial charge in [0.05, 0.1) is 11.1 Å². The number of anilines is 1. The molecule has 0 aliphatic carbocycles. The number of rotatable bonds is 10. The molecule has 0 unspecified atom stereocenters. The summed E-state index contributed by atoms with van der Waals surface area (Å²) in [7, 11) is 1.49. The van der Waals surface area contributed by atoms with Crippen molar-refractivity contribution in [2.45, 2.75) is 31.8 Å². The van der Waals surface area contributed by atoms with Crippen molar-refractivity contribution in [3.8, 4) is 0 Å². The second-order valence-electron chi connectivity index (χ2n) is 7.94. The van der Waals surface area contributed by atoms with Crippen molar-refractivity contribution in [2.24, 2.45) is 0 Å². The number of amides is 3. The van der Waals surface area contributed by atoms with Crippen LogP contribution in [0.25, 0.3) is 10.8 Å². The SMILES string of the molecule is CN(C(=O)NCc1cccc(F)c1Cl)[C@@H](CCCC(=O)O)COC(=O)Nc1cc2cnccc2cn1. The number of carbonyl (C=O) groups excluding carboxylic acids is 2. The molecule has 0 aliphatic heterocycles. The molecule has 0 radical (unpaired) electrons. The van der Waals surface area contributed by atoms with Gasteiger partial charge in [-0.25, -0.2) is 19.0 Å². The van der Waals surface area contributed by atoms with E-state index in [0.717, 1.165) is 10.8 Å². The summed E-state index contributed by atoms with van der Waals surface area (Å²) in [4.78, 5) is 45.5. The van der Waals surface area contributed by atoms with Crippen LogP contribution in [0.2, 0.25) is 5.02 Å². The maximum Gasteiger partial charge on any atom is 0.412 e. The largest absolute Gasteiger partial charge is 0.481 e. The summed E-state index contributed by atoms with van der Waals surface area (Å²) in [6.45, 7) is -0.212. The van der Waals surface area contributed by atoms with Gasteiger partial charge in [0.1, 0.15) is 18.2 Å². The Hall–Kier alpha value is -3.99. The number of aliphatic carboxylic acids is 1. The molecule has 2 aromatic heterocycles. The number of benzene rings is 1. The van der Waals surface area contributed by atoms with Gasteiger partial charge in [-0.1, -0.05) is 23.7 Å². The molecule has 1 aromatic carbocycles. The molecule has 36 heavy (non-hydrogen) atoms. The van der Waals surface area contributed by atoms with Crippen molar-refractivity contribution in [1.82, 2.24) is 20.2 Å². The zero-order chi connectivity index (χ0) is 26.1. The number of hydrogen-bond donors (Lipinski definition) is 3. The molecular formula is C24H25ClFN5O5. The first-order valence-electron chi connectivity index (χ1n) is 11.0. The lowest BCUT2D eigenvalue weighted by Crippen LogP contribution is -2.46. The van der Waals surface area contributed by atoms with Crippen molar-refractivity contribution >= 4 is 46.3 Å². The van der Waals surface area contributed by atoms with E-state index in [1.54, 1.807) is 36.8 Å². The minimum absolute atomic E-state index is 0.0224. The van der Waals surface area contributed by atoms with Gasteiger partial charge in [-0.15, -0.1) is 0 Å². The average molecular weight is 518 g/mol. The molecular weight excluding hydrogens is 493 g/mol. The minimum Gasteiger partial charge on any atom is -0.481 e. The fourth-order valence-electron chi connectivity index (χ4n) is 3.38. The van der Waals surface area contributed by atoms with E-state index in [2.05, 4.69) is 20.6 Å². The van der Waals surface area contributed by atoms with Crippen LogP contribution in [0.3, 0.4) is 0 Å². The van der Waals surface area contributed by atoms with E-state index in [-0.39, 0.29) is 43.3 Å². The number of carbonyl (C=O) groups is 3. The molecule has 0 fully saturated rings. The van der Waals surface area contributed by atoms with Crippen LogP contribution in [0.4, 0.5) is 19.8 Å².